The number of imidazole rings is 1. The van der Waals surface area contributed by atoms with E-state index in [9.17, 15) is 9.59 Å². The lowest BCUT2D eigenvalue weighted by atomic mass is 9.98. The molecule has 0 bridgehead atoms. The molecule has 3 heterocycles. The lowest BCUT2D eigenvalue weighted by Crippen LogP contribution is -2.41. The van der Waals surface area contributed by atoms with Crippen molar-refractivity contribution in [1.29, 1.82) is 0 Å². The van der Waals surface area contributed by atoms with E-state index in [1.165, 1.54) is 4.57 Å². The maximum Gasteiger partial charge on any atom is 0.333 e. The minimum Gasteiger partial charge on any atom is -0.318 e. The zero-order valence-electron chi connectivity index (χ0n) is 25.3. The van der Waals surface area contributed by atoms with Gasteiger partial charge in [0.2, 0.25) is 0 Å². The highest BCUT2D eigenvalue weighted by Crippen LogP contribution is 2.30. The largest absolute Gasteiger partial charge is 0.333 e. The van der Waals surface area contributed by atoms with Gasteiger partial charge in [0.05, 0.1) is 6.04 Å². The molecule has 3 aromatic heterocycles. The Balaban J connectivity index is 1.46. The van der Waals surface area contributed by atoms with E-state index in [4.69, 9.17) is 4.98 Å². The minimum absolute atomic E-state index is 0.278. The first-order valence-corrected chi connectivity index (χ1v) is 15.2. The number of hydrogen-bond acceptors (Lipinski definition) is 6. The monoisotopic (exact) mass is 588 g/mol. The number of aryl methyl sites for hydroxylation is 1. The number of benzene rings is 3. The third-order valence-corrected chi connectivity index (χ3v) is 8.26. The van der Waals surface area contributed by atoms with Crippen LogP contribution in [0.15, 0.2) is 88.5 Å². The van der Waals surface area contributed by atoms with Crippen LogP contribution in [0, 0.1) is 0 Å². The average Bonchev–Trinajstić information content (AvgIpc) is 3.71. The number of nitrogens with zero attached hydrogens (tertiary/aromatic N) is 7. The Morgan fingerprint density at radius 3 is 2.25 bits per heavy atom. The topological polar surface area (TPSA) is 116 Å². The predicted molar refractivity (Wildman–Crippen MR) is 172 cm³/mol. The van der Waals surface area contributed by atoms with Gasteiger partial charge < -0.3 is 4.57 Å². The summed E-state index contributed by atoms with van der Waals surface area (Å²) in [5.74, 6) is 1.43. The van der Waals surface area contributed by atoms with E-state index in [-0.39, 0.29) is 23.8 Å². The van der Waals surface area contributed by atoms with Crippen LogP contribution < -0.4 is 11.2 Å². The summed E-state index contributed by atoms with van der Waals surface area (Å²) in [5, 5.41) is 14.4. The molecule has 0 aliphatic heterocycles. The predicted octanol–water partition coefficient (Wildman–Crippen LogP) is 5.62. The molecule has 10 nitrogen and oxygen atoms in total. The van der Waals surface area contributed by atoms with E-state index < -0.39 is 0 Å². The zero-order chi connectivity index (χ0) is 30.6. The number of aromatic nitrogens is 8. The van der Waals surface area contributed by atoms with Gasteiger partial charge in [-0.2, -0.15) is 0 Å². The molecule has 0 fully saturated rings. The van der Waals surface area contributed by atoms with E-state index in [0.717, 1.165) is 59.3 Å². The fraction of sp³-hybridized carbons (Fsp3) is 0.294. The van der Waals surface area contributed by atoms with Crippen molar-refractivity contribution in [3.63, 3.8) is 0 Å². The third-order valence-electron chi connectivity index (χ3n) is 8.26. The first-order chi connectivity index (χ1) is 21.5. The molecule has 0 spiro atoms. The van der Waals surface area contributed by atoms with Crippen molar-refractivity contribution >= 4 is 11.2 Å². The first-order valence-electron chi connectivity index (χ1n) is 15.2. The van der Waals surface area contributed by atoms with Crippen LogP contribution in [0.1, 0.15) is 63.0 Å². The second kappa shape index (κ2) is 12.6. The van der Waals surface area contributed by atoms with Gasteiger partial charge >= 0.3 is 5.69 Å². The molecule has 0 saturated carbocycles. The highest BCUT2D eigenvalue weighted by Gasteiger charge is 2.24. The second-order valence-electron chi connectivity index (χ2n) is 11.0. The summed E-state index contributed by atoms with van der Waals surface area (Å²) in [6, 6.07) is 25.9. The summed E-state index contributed by atoms with van der Waals surface area (Å²) >= 11 is 0. The summed E-state index contributed by atoms with van der Waals surface area (Å²) in [4.78, 5) is 32.7. The van der Waals surface area contributed by atoms with Gasteiger partial charge in [0.25, 0.3) is 5.56 Å². The third kappa shape index (κ3) is 5.39. The number of tetrazole rings is 1. The quantitative estimate of drug-likeness (QED) is 0.197. The number of aromatic amines is 1. The molecule has 224 valence electrons. The number of unbranched alkanes of at least 4 members (excludes halogenated alkanes) is 2. The Morgan fingerprint density at radius 2 is 1.57 bits per heavy atom. The lowest BCUT2D eigenvalue weighted by Gasteiger charge is -2.18. The molecule has 10 heteroatoms. The van der Waals surface area contributed by atoms with Crippen molar-refractivity contribution in [3.8, 4) is 22.5 Å². The van der Waals surface area contributed by atoms with Gasteiger partial charge in [-0.05, 0) is 52.9 Å². The van der Waals surface area contributed by atoms with Crippen molar-refractivity contribution in [2.24, 2.45) is 0 Å². The summed E-state index contributed by atoms with van der Waals surface area (Å²) < 4.78 is 5.04. The van der Waals surface area contributed by atoms with Crippen molar-refractivity contribution in [2.75, 3.05) is 0 Å². The van der Waals surface area contributed by atoms with Crippen LogP contribution in [0.3, 0.4) is 0 Å². The van der Waals surface area contributed by atoms with Crippen molar-refractivity contribution in [2.45, 2.75) is 65.6 Å². The molecule has 3 aromatic carbocycles. The average molecular weight is 589 g/mol. The Hall–Kier alpha value is -5.12. The van der Waals surface area contributed by atoms with Crippen molar-refractivity contribution in [3.05, 3.63) is 117 Å². The van der Waals surface area contributed by atoms with Gasteiger partial charge in [-0.1, -0.05) is 98.6 Å². The number of nitrogens with one attached hydrogen (secondary N) is 1. The number of rotatable bonds is 11. The Kier molecular flexibility index (Phi) is 8.31. The maximum absolute atomic E-state index is 13.9. The van der Waals surface area contributed by atoms with Crippen LogP contribution in [-0.2, 0) is 19.5 Å². The standard InChI is InChI=1S/C34H36N8O2/c1-4-6-8-17-29-35-32-30(33(43)40(5-2)34(44)42(32)23(3)25-13-9-7-10-14-25)41(29)22-24-18-20-26(21-19-24)27-15-11-12-16-28(27)31-36-38-39-37-31/h7,9-16,18-21,23H,4-6,8,17,22H2,1-3H3,(H,36,37,38,39). The molecule has 0 amide bonds. The smallest absolute Gasteiger partial charge is 0.318 e. The Morgan fingerprint density at radius 1 is 0.841 bits per heavy atom. The molecular weight excluding hydrogens is 552 g/mol. The van der Waals surface area contributed by atoms with Crippen LogP contribution in [0.5, 0.6) is 0 Å². The van der Waals surface area contributed by atoms with Gasteiger partial charge in [-0.3, -0.25) is 13.9 Å². The zero-order valence-corrected chi connectivity index (χ0v) is 25.3. The molecule has 0 aliphatic carbocycles. The van der Waals surface area contributed by atoms with Crippen LogP contribution in [-0.4, -0.2) is 39.3 Å². The molecule has 1 atom stereocenters. The first kappa shape index (κ1) is 29.0. The number of fused-ring (bicyclic) bond motifs is 1. The Labute approximate surface area is 255 Å². The number of H-pyrrole nitrogens is 1. The Bertz CT molecular complexity index is 1990. The van der Waals surface area contributed by atoms with Crippen LogP contribution in [0.25, 0.3) is 33.7 Å². The molecule has 0 radical (unpaired) electrons. The van der Waals surface area contributed by atoms with Crippen molar-refractivity contribution in [1.82, 2.24) is 39.3 Å². The normalized spacial score (nSPS) is 12.2. The van der Waals surface area contributed by atoms with Gasteiger partial charge in [0.1, 0.15) is 5.82 Å². The van der Waals surface area contributed by atoms with Crippen LogP contribution >= 0.6 is 0 Å². The molecule has 44 heavy (non-hydrogen) atoms. The van der Waals surface area contributed by atoms with Gasteiger partial charge in [0, 0.05) is 25.1 Å². The minimum atomic E-state index is -0.337. The van der Waals surface area contributed by atoms with Crippen molar-refractivity contribution < 1.29 is 0 Å². The van der Waals surface area contributed by atoms with Crippen LogP contribution in [0.4, 0.5) is 0 Å². The second-order valence-corrected chi connectivity index (χ2v) is 11.0. The van der Waals surface area contributed by atoms with E-state index in [2.05, 4.69) is 51.8 Å². The summed E-state index contributed by atoms with van der Waals surface area (Å²) in [7, 11) is 0. The SMILES string of the molecule is CCCCCc1nc2c(c(=O)n(CC)c(=O)n2C(C)c2ccccc2)n1Cc1ccc(-c2ccccc2-c2nnn[nH]2)cc1. The van der Waals surface area contributed by atoms with E-state index in [1.54, 1.807) is 4.57 Å². The number of hydrogen-bond donors (Lipinski definition) is 1. The molecule has 6 rings (SSSR count). The molecule has 1 unspecified atom stereocenters. The van der Waals surface area contributed by atoms with Gasteiger partial charge in [-0.25, -0.2) is 14.9 Å². The van der Waals surface area contributed by atoms with E-state index in [1.807, 2.05) is 73.0 Å². The lowest BCUT2D eigenvalue weighted by molar-refractivity contribution is 0.555. The van der Waals surface area contributed by atoms with Gasteiger partial charge in [0.15, 0.2) is 17.0 Å². The molecular formula is C34H36N8O2. The summed E-state index contributed by atoms with van der Waals surface area (Å²) in [6.07, 6.45) is 3.81. The molecule has 0 aliphatic rings. The molecule has 1 N–H and O–H groups in total. The van der Waals surface area contributed by atoms with E-state index in [0.29, 0.717) is 23.5 Å². The highest BCUT2D eigenvalue weighted by molar-refractivity contribution is 5.80. The highest BCUT2D eigenvalue weighted by atomic mass is 16.2. The molecule has 6 aromatic rings. The maximum atomic E-state index is 13.9. The fourth-order valence-corrected chi connectivity index (χ4v) is 5.89. The molecule has 0 saturated heterocycles. The summed E-state index contributed by atoms with van der Waals surface area (Å²) in [5.41, 5.74) is 5.23. The van der Waals surface area contributed by atoms with E-state index >= 15 is 0 Å². The van der Waals surface area contributed by atoms with Gasteiger partial charge in [-0.15, -0.1) is 5.10 Å². The fourth-order valence-electron chi connectivity index (χ4n) is 5.89. The van der Waals surface area contributed by atoms with Crippen LogP contribution in [0.2, 0.25) is 0 Å². The summed E-state index contributed by atoms with van der Waals surface area (Å²) in [6.45, 7) is 6.73.